The van der Waals surface area contributed by atoms with Crippen molar-refractivity contribution in [2.45, 2.75) is 83.3 Å². The normalized spacial score (nSPS) is 39.3. The largest absolute Gasteiger partial charge is 0.457 e. The van der Waals surface area contributed by atoms with Gasteiger partial charge in [-0.3, -0.25) is 9.59 Å². The number of carbonyl (C=O) groups excluding carboxylic acids is 2. The lowest BCUT2D eigenvalue weighted by molar-refractivity contribution is -0.263. The molecule has 0 amide bonds. The van der Waals surface area contributed by atoms with Crippen LogP contribution in [0.3, 0.4) is 0 Å². The summed E-state index contributed by atoms with van der Waals surface area (Å²) in [5.74, 6) is -0.577. The van der Waals surface area contributed by atoms with Crippen LogP contribution in [-0.4, -0.2) is 28.6 Å². The van der Waals surface area contributed by atoms with Gasteiger partial charge >= 0.3 is 5.97 Å². The van der Waals surface area contributed by atoms with Gasteiger partial charge in [0.15, 0.2) is 0 Å². The molecule has 0 aromatic rings. The Morgan fingerprint density at radius 2 is 2.12 bits per heavy atom. The van der Waals surface area contributed by atoms with Gasteiger partial charge in [0.05, 0.1) is 12.0 Å². The van der Waals surface area contributed by atoms with Crippen molar-refractivity contribution in [1.82, 2.24) is 0 Å². The topological polar surface area (TPSA) is 63.6 Å². The van der Waals surface area contributed by atoms with Gasteiger partial charge in [-0.1, -0.05) is 44.8 Å². The summed E-state index contributed by atoms with van der Waals surface area (Å²) in [5.41, 5.74) is -1.84. The number of unbranched alkanes of at least 4 members (excludes halogenated alkanes) is 3. The number of hydrogen-bond donors (Lipinski definition) is 1. The summed E-state index contributed by atoms with van der Waals surface area (Å²) in [6, 6.07) is 0. The van der Waals surface area contributed by atoms with Crippen molar-refractivity contribution < 1.29 is 19.4 Å². The average Bonchev–Trinajstić information content (AvgIpc) is 2.76. The van der Waals surface area contributed by atoms with Crippen molar-refractivity contribution in [3.05, 3.63) is 12.2 Å². The molecular weight excluding hydrogens is 304 g/mol. The fraction of sp³-hybridized carbons (Fsp3) is 0.800. The van der Waals surface area contributed by atoms with Gasteiger partial charge in [0.1, 0.15) is 16.8 Å². The van der Waals surface area contributed by atoms with E-state index in [1.165, 1.54) is 0 Å². The van der Waals surface area contributed by atoms with E-state index in [4.69, 9.17) is 4.74 Å². The zero-order valence-electron chi connectivity index (χ0n) is 14.9. The molecule has 3 rings (SSSR count). The second-order valence-corrected chi connectivity index (χ2v) is 7.98. The summed E-state index contributed by atoms with van der Waals surface area (Å²) in [4.78, 5) is 25.1. The molecule has 134 valence electrons. The molecular formula is C20H30O4. The molecule has 0 unspecified atom stereocenters. The van der Waals surface area contributed by atoms with Gasteiger partial charge in [-0.25, -0.2) is 0 Å². The van der Waals surface area contributed by atoms with Crippen molar-refractivity contribution in [2.75, 3.05) is 0 Å². The number of ketones is 1. The van der Waals surface area contributed by atoms with E-state index < -0.39 is 17.1 Å². The van der Waals surface area contributed by atoms with Crippen molar-refractivity contribution in [3.8, 4) is 0 Å². The summed E-state index contributed by atoms with van der Waals surface area (Å²) < 4.78 is 5.56. The quantitative estimate of drug-likeness (QED) is 0.439. The Morgan fingerprint density at radius 1 is 1.33 bits per heavy atom. The van der Waals surface area contributed by atoms with E-state index >= 15 is 0 Å². The van der Waals surface area contributed by atoms with Crippen LogP contribution in [0.2, 0.25) is 0 Å². The first-order valence-corrected chi connectivity index (χ1v) is 9.58. The van der Waals surface area contributed by atoms with Gasteiger partial charge in [-0.15, -0.1) is 0 Å². The molecule has 2 aliphatic carbocycles. The average molecular weight is 334 g/mol. The maximum Gasteiger partial charge on any atom is 0.319 e. The third kappa shape index (κ3) is 2.45. The highest BCUT2D eigenvalue weighted by Gasteiger charge is 2.78. The highest BCUT2D eigenvalue weighted by molar-refractivity contribution is 6.00. The lowest BCUT2D eigenvalue weighted by Gasteiger charge is -2.55. The van der Waals surface area contributed by atoms with Gasteiger partial charge < -0.3 is 9.84 Å². The van der Waals surface area contributed by atoms with E-state index in [9.17, 15) is 14.7 Å². The zero-order chi connectivity index (χ0) is 17.4. The minimum Gasteiger partial charge on any atom is -0.457 e. The van der Waals surface area contributed by atoms with Crippen LogP contribution >= 0.6 is 0 Å². The van der Waals surface area contributed by atoms with Gasteiger partial charge in [0.25, 0.3) is 0 Å². The molecule has 24 heavy (non-hydrogen) atoms. The SMILES string of the molecule is CCCCCC[C@H]1C(=O)C[C@@]2([C@@H](O)[C@@H]3C=CCCC3)C(=O)O[C@@]12C. The minimum absolute atomic E-state index is 0.0439. The molecule has 1 heterocycles. The van der Waals surface area contributed by atoms with E-state index in [1.54, 1.807) is 0 Å². The van der Waals surface area contributed by atoms with Crippen molar-refractivity contribution >= 4 is 11.8 Å². The van der Waals surface area contributed by atoms with Crippen molar-refractivity contribution in [3.63, 3.8) is 0 Å². The Bertz CT molecular complexity index is 540. The smallest absolute Gasteiger partial charge is 0.319 e. The standard InChI is InChI=1S/C20H30O4/c1-3-4-5-9-12-15-16(21)13-20(18(23)24-19(15,20)2)17(22)14-10-7-6-8-11-14/h7,10,14-15,17,22H,3-6,8-9,11-13H2,1-2H3/t14-,15+,17+,19+,20-/m1/s1. The summed E-state index contributed by atoms with van der Waals surface area (Å²) in [7, 11) is 0. The molecule has 4 heteroatoms. The Kier molecular flexibility index (Phi) is 4.87. The molecule has 1 saturated heterocycles. The Balaban J connectivity index is 1.79. The van der Waals surface area contributed by atoms with Crippen LogP contribution in [0.15, 0.2) is 12.2 Å². The molecule has 0 aromatic heterocycles. The van der Waals surface area contributed by atoms with Crippen LogP contribution in [0.1, 0.15) is 71.6 Å². The molecule has 1 saturated carbocycles. The van der Waals surface area contributed by atoms with E-state index in [0.717, 1.165) is 51.4 Å². The molecule has 0 aromatic carbocycles. The molecule has 1 aliphatic heterocycles. The first-order chi connectivity index (χ1) is 11.5. The number of hydrogen-bond acceptors (Lipinski definition) is 4. The second kappa shape index (κ2) is 6.62. The van der Waals surface area contributed by atoms with Crippen LogP contribution in [-0.2, 0) is 14.3 Å². The zero-order valence-corrected chi connectivity index (χ0v) is 14.9. The fourth-order valence-electron chi connectivity index (χ4n) is 5.06. The Labute approximate surface area is 144 Å². The van der Waals surface area contributed by atoms with E-state index in [1.807, 2.05) is 13.0 Å². The number of esters is 1. The van der Waals surface area contributed by atoms with Crippen molar-refractivity contribution in [1.29, 1.82) is 0 Å². The summed E-state index contributed by atoms with van der Waals surface area (Å²) in [6.07, 6.45) is 11.5. The molecule has 0 bridgehead atoms. The molecule has 0 spiro atoms. The lowest BCUT2D eigenvalue weighted by Crippen LogP contribution is -2.70. The molecule has 4 nitrogen and oxygen atoms in total. The highest BCUT2D eigenvalue weighted by Crippen LogP contribution is 2.62. The van der Waals surface area contributed by atoms with Crippen LogP contribution in [0.25, 0.3) is 0 Å². The number of allylic oxidation sites excluding steroid dienone is 1. The predicted molar refractivity (Wildman–Crippen MR) is 91.3 cm³/mol. The van der Waals surface area contributed by atoms with Crippen LogP contribution in [0.4, 0.5) is 0 Å². The van der Waals surface area contributed by atoms with E-state index in [-0.39, 0.29) is 30.0 Å². The van der Waals surface area contributed by atoms with Gasteiger partial charge in [-0.05, 0) is 32.6 Å². The first kappa shape index (κ1) is 17.7. The summed E-state index contributed by atoms with van der Waals surface area (Å²) in [6.45, 7) is 4.04. The molecule has 5 atom stereocenters. The Morgan fingerprint density at radius 3 is 2.75 bits per heavy atom. The monoisotopic (exact) mass is 334 g/mol. The number of ether oxygens (including phenoxy) is 1. The van der Waals surface area contributed by atoms with Crippen LogP contribution in [0, 0.1) is 17.3 Å². The number of rotatable bonds is 7. The van der Waals surface area contributed by atoms with Gasteiger partial charge in [0.2, 0.25) is 0 Å². The van der Waals surface area contributed by atoms with Crippen LogP contribution in [0.5, 0.6) is 0 Å². The molecule has 1 N–H and O–H groups in total. The lowest BCUT2D eigenvalue weighted by atomic mass is 9.60. The third-order valence-corrected chi connectivity index (χ3v) is 6.61. The third-order valence-electron chi connectivity index (χ3n) is 6.61. The molecule has 2 fully saturated rings. The van der Waals surface area contributed by atoms with Crippen LogP contribution < -0.4 is 0 Å². The number of aliphatic hydroxyl groups excluding tert-OH is 1. The van der Waals surface area contributed by atoms with E-state index in [0.29, 0.717) is 0 Å². The van der Waals surface area contributed by atoms with Gasteiger partial charge in [0, 0.05) is 12.3 Å². The number of Topliss-reactive ketones (excluding diaryl/α,β-unsaturated/α-hetero) is 1. The predicted octanol–water partition coefficient (Wildman–Crippen LogP) is 3.56. The summed E-state index contributed by atoms with van der Waals surface area (Å²) in [5, 5.41) is 11.0. The molecule has 3 aliphatic rings. The fourth-order valence-corrected chi connectivity index (χ4v) is 5.06. The second-order valence-electron chi connectivity index (χ2n) is 7.98. The Hall–Kier alpha value is -1.16. The highest BCUT2D eigenvalue weighted by atomic mass is 16.6. The number of aliphatic hydroxyl groups is 1. The number of carbonyl (C=O) groups is 2. The minimum atomic E-state index is -1.02. The maximum absolute atomic E-state index is 12.7. The maximum atomic E-state index is 12.7. The number of fused-ring (bicyclic) bond motifs is 1. The van der Waals surface area contributed by atoms with Gasteiger partial charge in [-0.2, -0.15) is 0 Å². The summed E-state index contributed by atoms with van der Waals surface area (Å²) >= 11 is 0. The molecule has 0 radical (unpaired) electrons. The van der Waals surface area contributed by atoms with Crippen molar-refractivity contribution in [2.24, 2.45) is 17.3 Å². The first-order valence-electron chi connectivity index (χ1n) is 9.58. The van der Waals surface area contributed by atoms with E-state index in [2.05, 4.69) is 13.0 Å².